The standard InChI is InChI=1S/C9H19NO2/c1-3-9(8-11-2)10-4-6-12-7-5-10/h9H,3-8H2,1-2H3. The average Bonchev–Trinajstić information content (AvgIpc) is 2.15. The third-order valence-corrected chi connectivity index (χ3v) is 2.39. The molecule has 1 aliphatic heterocycles. The van der Waals surface area contributed by atoms with Crippen LogP contribution in [0, 0.1) is 0 Å². The van der Waals surface area contributed by atoms with E-state index in [4.69, 9.17) is 9.47 Å². The van der Waals surface area contributed by atoms with E-state index in [1.165, 1.54) is 0 Å². The number of nitrogens with zero attached hydrogens (tertiary/aromatic N) is 1. The van der Waals surface area contributed by atoms with Crippen LogP contribution in [0.15, 0.2) is 0 Å². The van der Waals surface area contributed by atoms with Crippen molar-refractivity contribution in [3.8, 4) is 0 Å². The van der Waals surface area contributed by atoms with Gasteiger partial charge < -0.3 is 9.47 Å². The number of hydrogen-bond acceptors (Lipinski definition) is 3. The van der Waals surface area contributed by atoms with Crippen LogP contribution < -0.4 is 0 Å². The van der Waals surface area contributed by atoms with E-state index in [0.717, 1.165) is 39.3 Å². The molecule has 0 saturated carbocycles. The van der Waals surface area contributed by atoms with Crippen LogP contribution in [0.3, 0.4) is 0 Å². The second-order valence-electron chi connectivity index (χ2n) is 3.17. The summed E-state index contributed by atoms with van der Waals surface area (Å²) < 4.78 is 10.5. The molecule has 1 aliphatic rings. The van der Waals surface area contributed by atoms with Crippen molar-refractivity contribution in [2.75, 3.05) is 40.0 Å². The van der Waals surface area contributed by atoms with E-state index in [2.05, 4.69) is 11.8 Å². The van der Waals surface area contributed by atoms with Gasteiger partial charge in [0, 0.05) is 26.2 Å². The predicted molar refractivity (Wildman–Crippen MR) is 48.3 cm³/mol. The SMILES string of the molecule is CCC(COC)N1CCOCC1. The van der Waals surface area contributed by atoms with Crippen molar-refractivity contribution in [3.05, 3.63) is 0 Å². The van der Waals surface area contributed by atoms with Gasteiger partial charge >= 0.3 is 0 Å². The molecule has 1 rings (SSSR count). The minimum atomic E-state index is 0.582. The topological polar surface area (TPSA) is 21.7 Å². The monoisotopic (exact) mass is 173 g/mol. The molecule has 0 aliphatic carbocycles. The Kier molecular flexibility index (Phi) is 4.58. The molecule has 72 valence electrons. The molecule has 0 radical (unpaired) electrons. The Bertz CT molecular complexity index is 110. The molecule has 1 heterocycles. The van der Waals surface area contributed by atoms with Crippen molar-refractivity contribution in [1.82, 2.24) is 4.90 Å². The van der Waals surface area contributed by atoms with Crippen LogP contribution in [-0.4, -0.2) is 51.0 Å². The molecule has 0 aromatic heterocycles. The lowest BCUT2D eigenvalue weighted by Gasteiger charge is -2.33. The van der Waals surface area contributed by atoms with Gasteiger partial charge in [-0.15, -0.1) is 0 Å². The van der Waals surface area contributed by atoms with Gasteiger partial charge in [-0.25, -0.2) is 0 Å². The van der Waals surface area contributed by atoms with Crippen LogP contribution in [0.4, 0.5) is 0 Å². The number of methoxy groups -OCH3 is 1. The maximum absolute atomic E-state index is 5.29. The first-order valence-corrected chi connectivity index (χ1v) is 4.69. The van der Waals surface area contributed by atoms with Gasteiger partial charge in [0.05, 0.1) is 19.8 Å². The lowest BCUT2D eigenvalue weighted by Crippen LogP contribution is -2.45. The summed E-state index contributed by atoms with van der Waals surface area (Å²) in [7, 11) is 1.77. The number of ether oxygens (including phenoxy) is 2. The summed E-state index contributed by atoms with van der Waals surface area (Å²) in [6.07, 6.45) is 1.16. The van der Waals surface area contributed by atoms with Gasteiger partial charge in [0.15, 0.2) is 0 Å². The molecule has 0 aromatic rings. The Morgan fingerprint density at radius 2 is 2.08 bits per heavy atom. The Balaban J connectivity index is 2.29. The second kappa shape index (κ2) is 5.51. The summed E-state index contributed by atoms with van der Waals surface area (Å²) in [5.74, 6) is 0. The van der Waals surface area contributed by atoms with Gasteiger partial charge in [-0.05, 0) is 6.42 Å². The van der Waals surface area contributed by atoms with Crippen LogP contribution in [0.1, 0.15) is 13.3 Å². The summed E-state index contributed by atoms with van der Waals surface area (Å²) in [4.78, 5) is 2.45. The van der Waals surface area contributed by atoms with E-state index in [-0.39, 0.29) is 0 Å². The predicted octanol–water partition coefficient (Wildman–Crippen LogP) is 0.744. The highest BCUT2D eigenvalue weighted by Crippen LogP contribution is 2.07. The van der Waals surface area contributed by atoms with E-state index in [9.17, 15) is 0 Å². The molecule has 1 atom stereocenters. The molecule has 3 heteroatoms. The quantitative estimate of drug-likeness (QED) is 0.626. The molecular weight excluding hydrogens is 154 g/mol. The first-order valence-electron chi connectivity index (χ1n) is 4.69. The fourth-order valence-electron chi connectivity index (χ4n) is 1.62. The maximum Gasteiger partial charge on any atom is 0.0617 e. The minimum Gasteiger partial charge on any atom is -0.383 e. The van der Waals surface area contributed by atoms with Gasteiger partial charge in [-0.1, -0.05) is 6.92 Å². The lowest BCUT2D eigenvalue weighted by molar-refractivity contribution is -0.00397. The van der Waals surface area contributed by atoms with E-state index >= 15 is 0 Å². The summed E-state index contributed by atoms with van der Waals surface area (Å²) in [6, 6.07) is 0.582. The number of rotatable bonds is 4. The Labute approximate surface area is 74.6 Å². The van der Waals surface area contributed by atoms with Gasteiger partial charge in [0.25, 0.3) is 0 Å². The molecule has 1 fully saturated rings. The van der Waals surface area contributed by atoms with Crippen molar-refractivity contribution in [3.63, 3.8) is 0 Å². The molecule has 3 nitrogen and oxygen atoms in total. The third-order valence-electron chi connectivity index (χ3n) is 2.39. The summed E-state index contributed by atoms with van der Waals surface area (Å²) in [5.41, 5.74) is 0. The zero-order chi connectivity index (χ0) is 8.81. The van der Waals surface area contributed by atoms with Gasteiger partial charge in [0.1, 0.15) is 0 Å². The molecule has 0 aromatic carbocycles. The summed E-state index contributed by atoms with van der Waals surface area (Å²) in [6.45, 7) is 6.92. The zero-order valence-corrected chi connectivity index (χ0v) is 8.08. The zero-order valence-electron chi connectivity index (χ0n) is 8.08. The van der Waals surface area contributed by atoms with Crippen LogP contribution in [0.5, 0.6) is 0 Å². The first kappa shape index (κ1) is 9.96. The number of morpholine rings is 1. The maximum atomic E-state index is 5.29. The van der Waals surface area contributed by atoms with Crippen molar-refractivity contribution in [2.45, 2.75) is 19.4 Å². The van der Waals surface area contributed by atoms with Crippen molar-refractivity contribution < 1.29 is 9.47 Å². The fraction of sp³-hybridized carbons (Fsp3) is 1.00. The van der Waals surface area contributed by atoms with Gasteiger partial charge in [-0.2, -0.15) is 0 Å². The Hall–Kier alpha value is -0.120. The highest BCUT2D eigenvalue weighted by atomic mass is 16.5. The normalized spacial score (nSPS) is 22.5. The molecule has 0 bridgehead atoms. The third kappa shape index (κ3) is 2.73. The summed E-state index contributed by atoms with van der Waals surface area (Å²) >= 11 is 0. The molecule has 0 spiro atoms. The molecule has 1 saturated heterocycles. The Morgan fingerprint density at radius 1 is 1.42 bits per heavy atom. The smallest absolute Gasteiger partial charge is 0.0617 e. The second-order valence-corrected chi connectivity index (χ2v) is 3.17. The van der Waals surface area contributed by atoms with Crippen LogP contribution in [-0.2, 0) is 9.47 Å². The van der Waals surface area contributed by atoms with E-state index in [1.54, 1.807) is 7.11 Å². The van der Waals surface area contributed by atoms with Gasteiger partial charge in [0.2, 0.25) is 0 Å². The fourth-order valence-corrected chi connectivity index (χ4v) is 1.62. The van der Waals surface area contributed by atoms with E-state index in [1.807, 2.05) is 0 Å². The summed E-state index contributed by atoms with van der Waals surface area (Å²) in [5, 5.41) is 0. The molecule has 1 unspecified atom stereocenters. The minimum absolute atomic E-state index is 0.582. The van der Waals surface area contributed by atoms with E-state index in [0.29, 0.717) is 6.04 Å². The van der Waals surface area contributed by atoms with Crippen molar-refractivity contribution >= 4 is 0 Å². The molecule has 12 heavy (non-hydrogen) atoms. The van der Waals surface area contributed by atoms with Gasteiger partial charge in [-0.3, -0.25) is 4.90 Å². The lowest BCUT2D eigenvalue weighted by atomic mass is 10.2. The van der Waals surface area contributed by atoms with Crippen molar-refractivity contribution in [2.24, 2.45) is 0 Å². The first-order chi connectivity index (χ1) is 5.88. The van der Waals surface area contributed by atoms with E-state index < -0.39 is 0 Å². The Morgan fingerprint density at radius 3 is 2.58 bits per heavy atom. The number of hydrogen-bond donors (Lipinski definition) is 0. The highest BCUT2D eigenvalue weighted by Gasteiger charge is 2.18. The van der Waals surface area contributed by atoms with Crippen LogP contribution in [0.2, 0.25) is 0 Å². The van der Waals surface area contributed by atoms with Crippen molar-refractivity contribution in [1.29, 1.82) is 0 Å². The average molecular weight is 173 g/mol. The molecule has 0 amide bonds. The largest absolute Gasteiger partial charge is 0.383 e. The van der Waals surface area contributed by atoms with Crippen LogP contribution >= 0.6 is 0 Å². The van der Waals surface area contributed by atoms with Crippen LogP contribution in [0.25, 0.3) is 0 Å². The highest BCUT2D eigenvalue weighted by molar-refractivity contribution is 4.71. The molecular formula is C9H19NO2. The molecule has 0 N–H and O–H groups in total.